The number of methoxy groups -OCH3 is 1. The number of nitrogens with zero attached hydrogens (tertiary/aromatic N) is 7. The summed E-state index contributed by atoms with van der Waals surface area (Å²) < 4.78 is 9.57. The Labute approximate surface area is 205 Å². The van der Waals surface area contributed by atoms with Crippen molar-refractivity contribution in [2.24, 2.45) is 0 Å². The maximum absolute atomic E-state index is 5.60. The minimum atomic E-state index is 0.246. The maximum atomic E-state index is 5.60. The molecular formula is C27H31N7O. The third kappa shape index (κ3) is 4.17. The van der Waals surface area contributed by atoms with Crippen LogP contribution < -0.4 is 9.64 Å². The molecule has 1 saturated heterocycles. The van der Waals surface area contributed by atoms with E-state index < -0.39 is 0 Å². The summed E-state index contributed by atoms with van der Waals surface area (Å²) in [5.74, 6) is 2.43. The summed E-state index contributed by atoms with van der Waals surface area (Å²) in [7, 11) is 1.63. The van der Waals surface area contributed by atoms with Crippen molar-refractivity contribution in [3.05, 3.63) is 66.0 Å². The Morgan fingerprint density at radius 2 is 1.74 bits per heavy atom. The van der Waals surface area contributed by atoms with Gasteiger partial charge in [-0.3, -0.25) is 0 Å². The van der Waals surface area contributed by atoms with Gasteiger partial charge >= 0.3 is 0 Å². The highest BCUT2D eigenvalue weighted by Crippen LogP contribution is 2.35. The summed E-state index contributed by atoms with van der Waals surface area (Å²) in [5, 5.41) is 4.83. The molecule has 0 unspecified atom stereocenters. The minimum Gasteiger partial charge on any atom is -0.479 e. The molecule has 8 heteroatoms. The number of ether oxygens (including phenoxy) is 1. The number of pyridine rings is 1. The van der Waals surface area contributed by atoms with E-state index in [0.29, 0.717) is 17.4 Å². The van der Waals surface area contributed by atoms with E-state index in [4.69, 9.17) is 19.8 Å². The third-order valence-corrected chi connectivity index (χ3v) is 7.14. The van der Waals surface area contributed by atoms with Crippen molar-refractivity contribution in [3.8, 4) is 23.1 Å². The van der Waals surface area contributed by atoms with Crippen molar-refractivity contribution < 1.29 is 4.74 Å². The molecule has 0 N–H and O–H groups in total. The van der Waals surface area contributed by atoms with Crippen molar-refractivity contribution in [2.45, 2.75) is 51.5 Å². The molecule has 8 nitrogen and oxygen atoms in total. The molecule has 1 aromatic carbocycles. The van der Waals surface area contributed by atoms with Gasteiger partial charge in [0, 0.05) is 37.4 Å². The Hall–Kier alpha value is -3.68. The monoisotopic (exact) mass is 469 g/mol. The molecule has 1 atom stereocenters. The van der Waals surface area contributed by atoms with E-state index in [1.54, 1.807) is 13.4 Å². The van der Waals surface area contributed by atoms with Gasteiger partial charge in [0.15, 0.2) is 5.82 Å². The normalized spacial score (nSPS) is 17.9. The van der Waals surface area contributed by atoms with Crippen molar-refractivity contribution in [1.82, 2.24) is 29.3 Å². The summed E-state index contributed by atoms with van der Waals surface area (Å²) in [6.07, 6.45) is 9.81. The number of anilines is 1. The van der Waals surface area contributed by atoms with Gasteiger partial charge in [-0.2, -0.15) is 0 Å². The molecule has 2 aliphatic rings. The zero-order chi connectivity index (χ0) is 23.8. The molecule has 0 aliphatic carbocycles. The van der Waals surface area contributed by atoms with Crippen LogP contribution in [0.1, 0.15) is 55.1 Å². The van der Waals surface area contributed by atoms with Crippen molar-refractivity contribution >= 4 is 5.69 Å². The minimum absolute atomic E-state index is 0.246. The lowest BCUT2D eigenvalue weighted by molar-refractivity contribution is 0.396. The fourth-order valence-corrected chi connectivity index (χ4v) is 5.30. The van der Waals surface area contributed by atoms with E-state index >= 15 is 0 Å². The summed E-state index contributed by atoms with van der Waals surface area (Å²) in [4.78, 5) is 16.5. The van der Waals surface area contributed by atoms with Gasteiger partial charge in [-0.1, -0.05) is 12.1 Å². The molecule has 180 valence electrons. The number of hydrogen-bond acceptors (Lipinski definition) is 6. The number of aryl methyl sites for hydroxylation is 2. The van der Waals surface area contributed by atoms with E-state index in [-0.39, 0.29) is 5.92 Å². The molecule has 0 amide bonds. The first-order valence-electron chi connectivity index (χ1n) is 12.6. The first-order valence-corrected chi connectivity index (χ1v) is 12.6. The largest absolute Gasteiger partial charge is 0.479 e. The predicted octanol–water partition coefficient (Wildman–Crippen LogP) is 4.76. The molecule has 0 spiro atoms. The van der Waals surface area contributed by atoms with E-state index in [2.05, 4.69) is 38.8 Å². The highest BCUT2D eigenvalue weighted by molar-refractivity contribution is 5.56. The zero-order valence-corrected chi connectivity index (χ0v) is 20.4. The van der Waals surface area contributed by atoms with Crippen LogP contribution in [0, 0.1) is 6.92 Å². The first kappa shape index (κ1) is 21.8. The molecule has 5 heterocycles. The fourth-order valence-electron chi connectivity index (χ4n) is 5.30. The number of imidazole rings is 1. The van der Waals surface area contributed by atoms with Crippen LogP contribution in [0.5, 0.6) is 5.88 Å². The van der Waals surface area contributed by atoms with Crippen LogP contribution in [0.3, 0.4) is 0 Å². The Kier molecular flexibility index (Phi) is 5.72. The van der Waals surface area contributed by atoms with E-state index in [1.807, 2.05) is 29.8 Å². The van der Waals surface area contributed by atoms with Gasteiger partial charge in [-0.25, -0.2) is 19.6 Å². The summed E-state index contributed by atoms with van der Waals surface area (Å²) >= 11 is 0. The second kappa shape index (κ2) is 9.17. The molecule has 3 aromatic heterocycles. The maximum Gasteiger partial charge on any atom is 0.238 e. The Bertz CT molecular complexity index is 1320. The predicted molar refractivity (Wildman–Crippen MR) is 135 cm³/mol. The van der Waals surface area contributed by atoms with Gasteiger partial charge in [-0.05, 0) is 68.9 Å². The Morgan fingerprint density at radius 1 is 0.914 bits per heavy atom. The molecule has 6 rings (SSSR count). The van der Waals surface area contributed by atoms with E-state index in [0.717, 1.165) is 49.7 Å². The van der Waals surface area contributed by atoms with Crippen LogP contribution in [-0.2, 0) is 6.54 Å². The average Bonchev–Trinajstić information content (AvgIpc) is 3.55. The van der Waals surface area contributed by atoms with Crippen molar-refractivity contribution in [1.29, 1.82) is 0 Å². The number of piperidine rings is 1. The lowest BCUT2D eigenvalue weighted by Crippen LogP contribution is -2.29. The molecule has 2 aliphatic heterocycles. The number of fused-ring (bicyclic) bond motifs is 1. The fraction of sp³-hybridized carbons (Fsp3) is 0.407. The molecule has 1 fully saturated rings. The van der Waals surface area contributed by atoms with Gasteiger partial charge < -0.3 is 14.2 Å². The smallest absolute Gasteiger partial charge is 0.238 e. The molecule has 35 heavy (non-hydrogen) atoms. The van der Waals surface area contributed by atoms with E-state index in [1.165, 1.54) is 30.5 Å². The highest BCUT2D eigenvalue weighted by Gasteiger charge is 2.27. The average molecular weight is 470 g/mol. The number of rotatable bonds is 5. The number of benzene rings is 1. The molecule has 0 radical (unpaired) electrons. The van der Waals surface area contributed by atoms with Crippen LogP contribution in [0.25, 0.3) is 17.2 Å². The van der Waals surface area contributed by atoms with Gasteiger partial charge in [0.05, 0.1) is 19.1 Å². The third-order valence-electron chi connectivity index (χ3n) is 7.14. The number of hydrogen-bond donors (Lipinski definition) is 0. The topological polar surface area (TPSA) is 73.9 Å². The first-order chi connectivity index (χ1) is 17.2. The lowest BCUT2D eigenvalue weighted by atomic mass is 9.91. The molecular weight excluding hydrogens is 438 g/mol. The second-order valence-corrected chi connectivity index (χ2v) is 9.50. The van der Waals surface area contributed by atoms with Crippen LogP contribution in [0.4, 0.5) is 5.69 Å². The molecule has 0 saturated carbocycles. The molecule has 0 bridgehead atoms. The van der Waals surface area contributed by atoms with Crippen molar-refractivity contribution in [2.75, 3.05) is 25.1 Å². The lowest BCUT2D eigenvalue weighted by Gasteiger charge is -2.29. The second-order valence-electron chi connectivity index (χ2n) is 9.50. The zero-order valence-electron chi connectivity index (χ0n) is 20.4. The summed E-state index contributed by atoms with van der Waals surface area (Å²) in [6.45, 7) is 5.17. The van der Waals surface area contributed by atoms with Crippen molar-refractivity contribution in [3.63, 3.8) is 0 Å². The van der Waals surface area contributed by atoms with Crippen LogP contribution in [-0.4, -0.2) is 49.5 Å². The van der Waals surface area contributed by atoms with Crippen LogP contribution in [0.2, 0.25) is 0 Å². The summed E-state index contributed by atoms with van der Waals surface area (Å²) in [6, 6.07) is 13.1. The van der Waals surface area contributed by atoms with Gasteiger partial charge in [0.25, 0.3) is 0 Å². The highest BCUT2D eigenvalue weighted by atomic mass is 16.5. The van der Waals surface area contributed by atoms with Gasteiger partial charge in [-0.15, -0.1) is 5.10 Å². The standard InChI is InChI=1S/C27H31N7O/c1-19-17-33(18-28-19)24-13-12-23(29-27(24)35-2)25-30-26-22(7-6-16-34(26)31-25)20-8-10-21(11-9-20)32-14-4-3-5-15-32/h8-13,17-18,22H,3-7,14-16H2,1-2H3/t22-/m0/s1. The Morgan fingerprint density at radius 3 is 2.49 bits per heavy atom. The number of aromatic nitrogens is 6. The van der Waals surface area contributed by atoms with Gasteiger partial charge in [0.1, 0.15) is 17.2 Å². The SMILES string of the molecule is COc1nc(-c2nc3n(n2)CCC[C@H]3c2ccc(N3CCCCC3)cc2)ccc1-n1cnc(C)c1. The van der Waals surface area contributed by atoms with Crippen LogP contribution >= 0.6 is 0 Å². The Balaban J connectivity index is 1.29. The summed E-state index contributed by atoms with van der Waals surface area (Å²) in [5.41, 5.74) is 5.13. The van der Waals surface area contributed by atoms with Crippen LogP contribution in [0.15, 0.2) is 48.9 Å². The molecule has 4 aromatic rings. The van der Waals surface area contributed by atoms with Gasteiger partial charge in [0.2, 0.25) is 5.88 Å². The quantitative estimate of drug-likeness (QED) is 0.420. The van der Waals surface area contributed by atoms with E-state index in [9.17, 15) is 0 Å².